The van der Waals surface area contributed by atoms with E-state index in [0.717, 1.165) is 5.56 Å². The molecule has 0 bridgehead atoms. The molecule has 0 fully saturated rings. The second-order valence-corrected chi connectivity index (χ2v) is 5.19. The van der Waals surface area contributed by atoms with Crippen molar-refractivity contribution >= 4 is 11.9 Å². The van der Waals surface area contributed by atoms with Crippen LogP contribution >= 0.6 is 0 Å². The van der Waals surface area contributed by atoms with Crippen LogP contribution in [-0.2, 0) is 17.8 Å². The third kappa shape index (κ3) is 3.97. The van der Waals surface area contributed by atoms with Crippen LogP contribution in [0.2, 0.25) is 0 Å². The third-order valence-corrected chi connectivity index (χ3v) is 3.54. The molecule has 5 heteroatoms. The Hall–Kier alpha value is -2.56. The molecule has 0 aliphatic heterocycles. The van der Waals surface area contributed by atoms with E-state index in [1.54, 1.807) is 6.92 Å². The molecule has 2 rings (SSSR count). The summed E-state index contributed by atoms with van der Waals surface area (Å²) >= 11 is 0. The summed E-state index contributed by atoms with van der Waals surface area (Å²) in [6.07, 6.45) is 1.06. The summed E-state index contributed by atoms with van der Waals surface area (Å²) in [5.74, 6) is -0.330. The second kappa shape index (κ2) is 6.93. The van der Waals surface area contributed by atoms with Crippen LogP contribution in [0.4, 0.5) is 0 Å². The number of nitrogens with one attached hydrogen (secondary N) is 1. The first kappa shape index (κ1) is 15.8. The van der Waals surface area contributed by atoms with Crippen LogP contribution < -0.4 is 5.32 Å². The normalized spacial score (nSPS) is 10.5. The summed E-state index contributed by atoms with van der Waals surface area (Å²) in [5, 5.41) is 11.7. The number of carboxylic acids is 1. The average Bonchev–Trinajstić information content (AvgIpc) is 2.85. The van der Waals surface area contributed by atoms with Crippen molar-refractivity contribution in [2.75, 3.05) is 0 Å². The lowest BCUT2D eigenvalue weighted by Gasteiger charge is -2.06. The summed E-state index contributed by atoms with van der Waals surface area (Å²) in [6.45, 7) is 3.81. The van der Waals surface area contributed by atoms with Gasteiger partial charge in [-0.15, -0.1) is 0 Å². The van der Waals surface area contributed by atoms with Crippen molar-refractivity contribution in [3.05, 3.63) is 58.5 Å². The smallest absolute Gasteiger partial charge is 0.339 e. The zero-order chi connectivity index (χ0) is 16.1. The Kier molecular flexibility index (Phi) is 4.99. The Morgan fingerprint density at radius 1 is 1.23 bits per heavy atom. The second-order valence-electron chi connectivity index (χ2n) is 5.19. The summed E-state index contributed by atoms with van der Waals surface area (Å²) in [5.41, 5.74) is 2.45. The van der Waals surface area contributed by atoms with Gasteiger partial charge in [-0.2, -0.15) is 0 Å². The molecule has 5 nitrogen and oxygen atoms in total. The van der Waals surface area contributed by atoms with Crippen molar-refractivity contribution in [2.24, 2.45) is 0 Å². The Balaban J connectivity index is 1.84. The minimum atomic E-state index is -1.03. The fraction of sp³-hybridized carbons (Fsp3) is 0.294. The highest BCUT2D eigenvalue weighted by atomic mass is 16.4. The summed E-state index contributed by atoms with van der Waals surface area (Å²) in [6, 6.07) is 9.40. The number of aryl methyl sites for hydroxylation is 3. The Bertz CT molecular complexity index is 688. The maximum atomic E-state index is 11.9. The van der Waals surface area contributed by atoms with E-state index in [-0.39, 0.29) is 18.0 Å². The number of benzene rings is 1. The summed E-state index contributed by atoms with van der Waals surface area (Å²) < 4.78 is 5.31. The number of carbonyl (C=O) groups excluding carboxylic acids is 1. The number of furan rings is 1. The summed E-state index contributed by atoms with van der Waals surface area (Å²) in [7, 11) is 0. The molecule has 0 saturated carbocycles. The topological polar surface area (TPSA) is 79.5 Å². The zero-order valence-electron chi connectivity index (χ0n) is 12.7. The van der Waals surface area contributed by atoms with E-state index in [2.05, 4.69) is 5.32 Å². The number of carboxylic acid groups (broad SMARTS) is 1. The standard InChI is InChI=1S/C17H19NO4/c1-11-5-3-4-6-13(11)7-8-16(19)18-10-14-9-15(17(20)21)12(2)22-14/h3-6,9H,7-8,10H2,1-2H3,(H,18,19)(H,20,21). The van der Waals surface area contributed by atoms with Gasteiger partial charge in [-0.25, -0.2) is 4.79 Å². The maximum Gasteiger partial charge on any atom is 0.339 e. The fourth-order valence-electron chi connectivity index (χ4n) is 2.26. The van der Waals surface area contributed by atoms with Gasteiger partial charge in [0.15, 0.2) is 0 Å². The number of hydrogen-bond donors (Lipinski definition) is 2. The van der Waals surface area contributed by atoms with E-state index in [1.807, 2.05) is 31.2 Å². The number of rotatable bonds is 6. The van der Waals surface area contributed by atoms with E-state index >= 15 is 0 Å². The van der Waals surface area contributed by atoms with Gasteiger partial charge in [-0.05, 0) is 37.5 Å². The molecule has 0 spiro atoms. The van der Waals surface area contributed by atoms with Crippen LogP contribution in [0.25, 0.3) is 0 Å². The number of hydrogen-bond acceptors (Lipinski definition) is 3. The van der Waals surface area contributed by atoms with Crippen LogP contribution in [0.3, 0.4) is 0 Å². The SMILES string of the molecule is Cc1ccccc1CCC(=O)NCc1cc(C(=O)O)c(C)o1. The predicted octanol–water partition coefficient (Wildman–Crippen LogP) is 2.84. The molecular weight excluding hydrogens is 282 g/mol. The lowest BCUT2D eigenvalue weighted by molar-refractivity contribution is -0.121. The highest BCUT2D eigenvalue weighted by molar-refractivity contribution is 5.88. The predicted molar refractivity (Wildman–Crippen MR) is 81.8 cm³/mol. The summed E-state index contributed by atoms with van der Waals surface area (Å²) in [4.78, 5) is 22.8. The Morgan fingerprint density at radius 3 is 2.59 bits per heavy atom. The fourth-order valence-corrected chi connectivity index (χ4v) is 2.26. The number of carbonyl (C=O) groups is 2. The molecule has 1 heterocycles. The zero-order valence-corrected chi connectivity index (χ0v) is 12.7. The molecule has 22 heavy (non-hydrogen) atoms. The van der Waals surface area contributed by atoms with Crippen LogP contribution in [0.5, 0.6) is 0 Å². The number of aromatic carboxylic acids is 1. The third-order valence-electron chi connectivity index (χ3n) is 3.54. The lowest BCUT2D eigenvalue weighted by Crippen LogP contribution is -2.22. The van der Waals surface area contributed by atoms with E-state index in [0.29, 0.717) is 24.4 Å². The van der Waals surface area contributed by atoms with Gasteiger partial charge >= 0.3 is 5.97 Å². The van der Waals surface area contributed by atoms with Crippen LogP contribution in [0.15, 0.2) is 34.7 Å². The molecule has 0 aliphatic rings. The molecule has 2 N–H and O–H groups in total. The molecule has 0 saturated heterocycles. The minimum Gasteiger partial charge on any atom is -0.478 e. The molecule has 1 amide bonds. The van der Waals surface area contributed by atoms with Gasteiger partial charge in [0.05, 0.1) is 6.54 Å². The minimum absolute atomic E-state index is 0.0887. The van der Waals surface area contributed by atoms with E-state index in [4.69, 9.17) is 9.52 Å². The maximum absolute atomic E-state index is 11.9. The van der Waals surface area contributed by atoms with E-state index in [1.165, 1.54) is 11.6 Å². The molecule has 0 radical (unpaired) electrons. The van der Waals surface area contributed by atoms with Crippen LogP contribution in [0.1, 0.15) is 39.4 Å². The molecular formula is C17H19NO4. The molecule has 1 aromatic carbocycles. The molecule has 0 unspecified atom stereocenters. The van der Waals surface area contributed by atoms with Crippen molar-refractivity contribution in [1.82, 2.24) is 5.32 Å². The first-order valence-electron chi connectivity index (χ1n) is 7.11. The van der Waals surface area contributed by atoms with Gasteiger partial charge in [0.1, 0.15) is 17.1 Å². The highest BCUT2D eigenvalue weighted by Crippen LogP contribution is 2.14. The van der Waals surface area contributed by atoms with Gasteiger partial charge < -0.3 is 14.8 Å². The quantitative estimate of drug-likeness (QED) is 0.860. The van der Waals surface area contributed by atoms with Crippen molar-refractivity contribution in [1.29, 1.82) is 0 Å². The Labute approximate surface area is 129 Å². The largest absolute Gasteiger partial charge is 0.478 e. The van der Waals surface area contributed by atoms with Crippen LogP contribution in [0, 0.1) is 13.8 Å². The molecule has 1 aromatic heterocycles. The van der Waals surface area contributed by atoms with E-state index in [9.17, 15) is 9.59 Å². The lowest BCUT2D eigenvalue weighted by atomic mass is 10.0. The van der Waals surface area contributed by atoms with Crippen molar-refractivity contribution in [2.45, 2.75) is 33.2 Å². The van der Waals surface area contributed by atoms with E-state index < -0.39 is 5.97 Å². The number of amides is 1. The van der Waals surface area contributed by atoms with Gasteiger partial charge in [-0.3, -0.25) is 4.79 Å². The molecule has 116 valence electrons. The molecule has 0 atom stereocenters. The van der Waals surface area contributed by atoms with Gasteiger partial charge in [-0.1, -0.05) is 24.3 Å². The van der Waals surface area contributed by atoms with Crippen LogP contribution in [-0.4, -0.2) is 17.0 Å². The first-order chi connectivity index (χ1) is 10.5. The van der Waals surface area contributed by atoms with Crippen molar-refractivity contribution in [3.63, 3.8) is 0 Å². The molecule has 2 aromatic rings. The first-order valence-corrected chi connectivity index (χ1v) is 7.11. The average molecular weight is 301 g/mol. The highest BCUT2D eigenvalue weighted by Gasteiger charge is 2.14. The van der Waals surface area contributed by atoms with Gasteiger partial charge in [0.2, 0.25) is 5.91 Å². The monoisotopic (exact) mass is 301 g/mol. The van der Waals surface area contributed by atoms with Crippen molar-refractivity contribution < 1.29 is 19.1 Å². The molecule has 0 aliphatic carbocycles. The van der Waals surface area contributed by atoms with Gasteiger partial charge in [0.25, 0.3) is 0 Å². The van der Waals surface area contributed by atoms with Gasteiger partial charge in [0, 0.05) is 6.42 Å². The van der Waals surface area contributed by atoms with Crippen molar-refractivity contribution in [3.8, 4) is 0 Å². The Morgan fingerprint density at radius 2 is 1.95 bits per heavy atom.